The van der Waals surface area contributed by atoms with E-state index in [1.54, 1.807) is 0 Å². The summed E-state index contributed by atoms with van der Waals surface area (Å²) in [5.74, 6) is 0.0799. The summed E-state index contributed by atoms with van der Waals surface area (Å²) in [5, 5.41) is 0. The predicted molar refractivity (Wildman–Crippen MR) is 75.0 cm³/mol. The van der Waals surface area contributed by atoms with Gasteiger partial charge in [0.05, 0.1) is 5.56 Å². The zero-order chi connectivity index (χ0) is 12.4. The molecule has 1 heterocycles. The highest BCUT2D eigenvalue weighted by Crippen LogP contribution is 2.24. The molecule has 17 heavy (non-hydrogen) atoms. The fourth-order valence-corrected chi connectivity index (χ4v) is 3.15. The number of likely N-dealkylation sites (tertiary alicyclic amines) is 1. The van der Waals surface area contributed by atoms with Gasteiger partial charge < -0.3 is 10.6 Å². The van der Waals surface area contributed by atoms with Crippen LogP contribution in [0, 0.1) is 0 Å². The minimum atomic E-state index is 0.0799. The standard InChI is InChI=1S/C12H14Br2N2O/c13-8-1-2-10(11(14)7-8)12(17)16-5-3-9(15)4-6-16/h1-2,7,9H,3-6,15H2. The first-order valence-electron chi connectivity index (χ1n) is 5.58. The Bertz CT molecular complexity index is 429. The van der Waals surface area contributed by atoms with Crippen LogP contribution in [0.3, 0.4) is 0 Å². The van der Waals surface area contributed by atoms with Gasteiger partial charge in [-0.3, -0.25) is 4.79 Å². The number of hydrogen-bond acceptors (Lipinski definition) is 2. The zero-order valence-electron chi connectivity index (χ0n) is 9.33. The molecule has 0 bridgehead atoms. The summed E-state index contributed by atoms with van der Waals surface area (Å²) in [4.78, 5) is 14.2. The molecule has 1 saturated heterocycles. The number of rotatable bonds is 1. The monoisotopic (exact) mass is 360 g/mol. The van der Waals surface area contributed by atoms with Crippen molar-refractivity contribution in [1.82, 2.24) is 4.90 Å². The number of amides is 1. The smallest absolute Gasteiger partial charge is 0.255 e. The van der Waals surface area contributed by atoms with Gasteiger partial charge in [0.15, 0.2) is 0 Å². The first kappa shape index (κ1) is 13.1. The molecule has 1 amide bonds. The molecule has 0 unspecified atom stereocenters. The molecule has 1 fully saturated rings. The molecule has 0 aliphatic carbocycles. The van der Waals surface area contributed by atoms with Crippen molar-refractivity contribution in [2.24, 2.45) is 5.73 Å². The van der Waals surface area contributed by atoms with E-state index in [1.807, 2.05) is 23.1 Å². The molecule has 2 N–H and O–H groups in total. The van der Waals surface area contributed by atoms with Crippen LogP contribution in [-0.4, -0.2) is 29.9 Å². The fourth-order valence-electron chi connectivity index (χ4n) is 1.94. The van der Waals surface area contributed by atoms with Gasteiger partial charge >= 0.3 is 0 Å². The molecule has 1 aliphatic rings. The van der Waals surface area contributed by atoms with Gasteiger partial charge in [-0.2, -0.15) is 0 Å². The maximum Gasteiger partial charge on any atom is 0.255 e. The van der Waals surface area contributed by atoms with Gasteiger partial charge in [0.25, 0.3) is 5.91 Å². The number of nitrogens with two attached hydrogens (primary N) is 1. The van der Waals surface area contributed by atoms with Crippen LogP contribution >= 0.6 is 31.9 Å². The second kappa shape index (κ2) is 5.50. The maximum absolute atomic E-state index is 12.3. The van der Waals surface area contributed by atoms with Gasteiger partial charge in [0.1, 0.15) is 0 Å². The number of hydrogen-bond donors (Lipinski definition) is 1. The lowest BCUT2D eigenvalue weighted by atomic mass is 10.1. The lowest BCUT2D eigenvalue weighted by molar-refractivity contribution is 0.0714. The summed E-state index contributed by atoms with van der Waals surface area (Å²) in [6.07, 6.45) is 1.78. The molecular weight excluding hydrogens is 348 g/mol. The van der Waals surface area contributed by atoms with E-state index in [9.17, 15) is 4.79 Å². The number of carbonyl (C=O) groups excluding carboxylic acids is 1. The van der Waals surface area contributed by atoms with E-state index in [0.29, 0.717) is 5.56 Å². The van der Waals surface area contributed by atoms with Gasteiger partial charge in [-0.1, -0.05) is 15.9 Å². The van der Waals surface area contributed by atoms with Crippen LogP contribution in [0.5, 0.6) is 0 Å². The average Bonchev–Trinajstić information content (AvgIpc) is 2.29. The fraction of sp³-hybridized carbons (Fsp3) is 0.417. The molecule has 1 aliphatic heterocycles. The summed E-state index contributed by atoms with van der Waals surface area (Å²) in [5.41, 5.74) is 6.54. The van der Waals surface area contributed by atoms with Crippen molar-refractivity contribution in [3.63, 3.8) is 0 Å². The summed E-state index contributed by atoms with van der Waals surface area (Å²) < 4.78 is 1.79. The minimum Gasteiger partial charge on any atom is -0.338 e. The maximum atomic E-state index is 12.3. The molecule has 0 saturated carbocycles. The zero-order valence-corrected chi connectivity index (χ0v) is 12.5. The Morgan fingerprint density at radius 2 is 1.94 bits per heavy atom. The van der Waals surface area contributed by atoms with E-state index < -0.39 is 0 Å². The number of benzene rings is 1. The first-order valence-corrected chi connectivity index (χ1v) is 7.16. The highest BCUT2D eigenvalue weighted by Gasteiger charge is 2.22. The summed E-state index contributed by atoms with van der Waals surface area (Å²) in [7, 11) is 0. The van der Waals surface area contributed by atoms with E-state index in [-0.39, 0.29) is 11.9 Å². The third kappa shape index (κ3) is 3.09. The van der Waals surface area contributed by atoms with Gasteiger partial charge in [0, 0.05) is 28.1 Å². The Balaban J connectivity index is 2.14. The molecule has 3 nitrogen and oxygen atoms in total. The molecular formula is C12H14Br2N2O. The lowest BCUT2D eigenvalue weighted by Crippen LogP contribution is -2.42. The van der Waals surface area contributed by atoms with Crippen molar-refractivity contribution >= 4 is 37.8 Å². The Hall–Kier alpha value is -0.390. The van der Waals surface area contributed by atoms with Gasteiger partial charge in [-0.15, -0.1) is 0 Å². The van der Waals surface area contributed by atoms with Crippen molar-refractivity contribution < 1.29 is 4.79 Å². The summed E-state index contributed by atoms with van der Waals surface area (Å²) >= 11 is 6.80. The van der Waals surface area contributed by atoms with E-state index >= 15 is 0 Å². The summed E-state index contributed by atoms with van der Waals surface area (Å²) in [6.45, 7) is 1.50. The number of halogens is 2. The van der Waals surface area contributed by atoms with Crippen molar-refractivity contribution in [2.75, 3.05) is 13.1 Å². The molecule has 92 valence electrons. The van der Waals surface area contributed by atoms with E-state index in [4.69, 9.17) is 5.73 Å². The van der Waals surface area contributed by atoms with Crippen LogP contribution in [0.15, 0.2) is 27.1 Å². The van der Waals surface area contributed by atoms with Crippen LogP contribution in [-0.2, 0) is 0 Å². The molecule has 0 spiro atoms. The van der Waals surface area contributed by atoms with Gasteiger partial charge in [0.2, 0.25) is 0 Å². The second-order valence-electron chi connectivity index (χ2n) is 4.25. The van der Waals surface area contributed by atoms with Crippen LogP contribution in [0.25, 0.3) is 0 Å². The quantitative estimate of drug-likeness (QED) is 0.835. The molecule has 1 aromatic carbocycles. The highest BCUT2D eigenvalue weighted by molar-refractivity contribution is 9.11. The molecule has 1 aromatic rings. The largest absolute Gasteiger partial charge is 0.338 e. The second-order valence-corrected chi connectivity index (χ2v) is 6.02. The van der Waals surface area contributed by atoms with E-state index in [0.717, 1.165) is 34.9 Å². The highest BCUT2D eigenvalue weighted by atomic mass is 79.9. The molecule has 0 atom stereocenters. The van der Waals surface area contributed by atoms with E-state index in [2.05, 4.69) is 31.9 Å². The van der Waals surface area contributed by atoms with Crippen LogP contribution < -0.4 is 5.73 Å². The third-order valence-corrected chi connectivity index (χ3v) is 4.14. The number of nitrogens with zero attached hydrogens (tertiary/aromatic N) is 1. The Morgan fingerprint density at radius 1 is 1.29 bits per heavy atom. The predicted octanol–water partition coefficient (Wildman–Crippen LogP) is 2.77. The summed E-state index contributed by atoms with van der Waals surface area (Å²) in [6, 6.07) is 5.86. The van der Waals surface area contributed by atoms with Crippen molar-refractivity contribution in [1.29, 1.82) is 0 Å². The third-order valence-electron chi connectivity index (χ3n) is 2.99. The van der Waals surface area contributed by atoms with Gasteiger partial charge in [-0.05, 0) is 47.0 Å². The Morgan fingerprint density at radius 3 is 2.53 bits per heavy atom. The first-order chi connectivity index (χ1) is 8.08. The van der Waals surface area contributed by atoms with Gasteiger partial charge in [-0.25, -0.2) is 0 Å². The Kier molecular flexibility index (Phi) is 4.22. The van der Waals surface area contributed by atoms with Crippen LogP contribution in [0.1, 0.15) is 23.2 Å². The van der Waals surface area contributed by atoms with Crippen molar-refractivity contribution in [3.8, 4) is 0 Å². The number of piperidine rings is 1. The SMILES string of the molecule is NC1CCN(C(=O)c2ccc(Br)cc2Br)CC1. The molecule has 0 radical (unpaired) electrons. The minimum absolute atomic E-state index is 0.0799. The normalized spacial score (nSPS) is 17.2. The molecule has 0 aromatic heterocycles. The Labute approximate surface area is 118 Å². The molecule has 2 rings (SSSR count). The van der Waals surface area contributed by atoms with Crippen LogP contribution in [0.2, 0.25) is 0 Å². The van der Waals surface area contributed by atoms with Crippen molar-refractivity contribution in [3.05, 3.63) is 32.7 Å². The van der Waals surface area contributed by atoms with E-state index in [1.165, 1.54) is 0 Å². The lowest BCUT2D eigenvalue weighted by Gasteiger charge is -2.30. The topological polar surface area (TPSA) is 46.3 Å². The van der Waals surface area contributed by atoms with Crippen molar-refractivity contribution in [2.45, 2.75) is 18.9 Å². The molecule has 5 heteroatoms. The van der Waals surface area contributed by atoms with Crippen LogP contribution in [0.4, 0.5) is 0 Å². The average molecular weight is 362 g/mol. The number of carbonyl (C=O) groups is 1.